The van der Waals surface area contributed by atoms with Crippen molar-refractivity contribution in [3.8, 4) is 5.75 Å². The summed E-state index contributed by atoms with van der Waals surface area (Å²) in [7, 11) is 0. The van der Waals surface area contributed by atoms with Gasteiger partial charge < -0.3 is 9.47 Å². The van der Waals surface area contributed by atoms with Gasteiger partial charge in [-0.25, -0.2) is 4.79 Å². The quantitative estimate of drug-likeness (QED) is 0.273. The van der Waals surface area contributed by atoms with E-state index in [1.165, 1.54) is 44.9 Å². The number of unbranched alkanes of at least 4 members (excludes halogenated alkanes) is 7. The lowest BCUT2D eigenvalue weighted by Crippen LogP contribution is -2.03. The zero-order valence-corrected chi connectivity index (χ0v) is 14.6. The lowest BCUT2D eigenvalue weighted by molar-refractivity contribution is 0.0526. The molecule has 0 fully saturated rings. The Bertz CT molecular complexity index is 448. The van der Waals surface area contributed by atoms with Crippen LogP contribution in [0.25, 0.3) is 0 Å². The van der Waals surface area contributed by atoms with Crippen LogP contribution in [0, 0.1) is 0 Å². The van der Waals surface area contributed by atoms with Gasteiger partial charge in [-0.05, 0) is 50.1 Å². The molecule has 3 nitrogen and oxygen atoms in total. The van der Waals surface area contributed by atoms with Crippen LogP contribution in [-0.4, -0.2) is 12.6 Å². The summed E-state index contributed by atoms with van der Waals surface area (Å²) in [5, 5.41) is 0. The van der Waals surface area contributed by atoms with Gasteiger partial charge in [0, 0.05) is 0 Å². The minimum atomic E-state index is -0.298. The monoisotopic (exact) mass is 318 g/mol. The van der Waals surface area contributed by atoms with E-state index in [2.05, 4.69) is 13.0 Å². The van der Waals surface area contributed by atoms with E-state index in [0.29, 0.717) is 12.2 Å². The summed E-state index contributed by atoms with van der Waals surface area (Å²) in [6.45, 7) is 4.43. The standard InChI is InChI=1S/C20H30O3/c1-3-5-6-7-8-9-10-11-12-17-23-19-15-13-18(14-16-19)20(21)22-4-2/h12-17H,3-11H2,1-2H3. The van der Waals surface area contributed by atoms with Crippen molar-refractivity contribution in [1.29, 1.82) is 0 Å². The van der Waals surface area contributed by atoms with Crippen LogP contribution < -0.4 is 4.74 Å². The molecule has 0 heterocycles. The molecule has 0 saturated heterocycles. The minimum Gasteiger partial charge on any atom is -0.465 e. The summed E-state index contributed by atoms with van der Waals surface area (Å²) in [5.74, 6) is 0.433. The molecule has 0 aliphatic heterocycles. The van der Waals surface area contributed by atoms with Crippen molar-refractivity contribution in [2.75, 3.05) is 6.61 Å². The molecule has 1 aromatic carbocycles. The fourth-order valence-corrected chi connectivity index (χ4v) is 2.30. The smallest absolute Gasteiger partial charge is 0.338 e. The average Bonchev–Trinajstić information content (AvgIpc) is 2.57. The number of carbonyl (C=O) groups excluding carboxylic acids is 1. The Morgan fingerprint density at radius 2 is 1.61 bits per heavy atom. The third kappa shape index (κ3) is 9.07. The first kappa shape index (κ1) is 19.3. The molecular weight excluding hydrogens is 288 g/mol. The van der Waals surface area contributed by atoms with E-state index in [-0.39, 0.29) is 5.97 Å². The molecule has 0 bridgehead atoms. The van der Waals surface area contributed by atoms with Crippen LogP contribution in [0.3, 0.4) is 0 Å². The van der Waals surface area contributed by atoms with Gasteiger partial charge in [-0.2, -0.15) is 0 Å². The maximum Gasteiger partial charge on any atom is 0.338 e. The molecule has 3 heteroatoms. The molecule has 0 radical (unpaired) electrons. The van der Waals surface area contributed by atoms with Gasteiger partial charge >= 0.3 is 5.97 Å². The Balaban J connectivity index is 2.14. The van der Waals surface area contributed by atoms with Crippen LogP contribution in [0.2, 0.25) is 0 Å². The van der Waals surface area contributed by atoms with Gasteiger partial charge in [-0.15, -0.1) is 0 Å². The first-order chi connectivity index (χ1) is 11.3. The van der Waals surface area contributed by atoms with Gasteiger partial charge in [0.1, 0.15) is 5.75 Å². The van der Waals surface area contributed by atoms with Gasteiger partial charge in [0.2, 0.25) is 0 Å². The Labute approximate surface area is 140 Å². The summed E-state index contributed by atoms with van der Waals surface area (Å²) < 4.78 is 10.5. The Kier molecular flexibility index (Phi) is 10.7. The van der Waals surface area contributed by atoms with Crippen LogP contribution in [0.1, 0.15) is 75.6 Å². The van der Waals surface area contributed by atoms with E-state index in [0.717, 1.165) is 12.2 Å². The van der Waals surface area contributed by atoms with Gasteiger partial charge in [-0.3, -0.25) is 0 Å². The number of benzene rings is 1. The van der Waals surface area contributed by atoms with Crippen molar-refractivity contribution in [3.05, 3.63) is 42.2 Å². The second-order valence-electron chi connectivity index (χ2n) is 5.64. The van der Waals surface area contributed by atoms with Crippen LogP contribution in [0.5, 0.6) is 5.75 Å². The van der Waals surface area contributed by atoms with Crippen molar-refractivity contribution < 1.29 is 14.3 Å². The minimum absolute atomic E-state index is 0.298. The highest BCUT2D eigenvalue weighted by atomic mass is 16.5. The van der Waals surface area contributed by atoms with E-state index >= 15 is 0 Å². The van der Waals surface area contributed by atoms with Crippen LogP contribution in [0.15, 0.2) is 36.6 Å². The number of ether oxygens (including phenoxy) is 2. The zero-order valence-electron chi connectivity index (χ0n) is 14.6. The molecule has 0 aromatic heterocycles. The van der Waals surface area contributed by atoms with Crippen LogP contribution >= 0.6 is 0 Å². The first-order valence-corrected chi connectivity index (χ1v) is 8.86. The predicted molar refractivity (Wildman–Crippen MR) is 94.8 cm³/mol. The third-order valence-corrected chi connectivity index (χ3v) is 3.64. The summed E-state index contributed by atoms with van der Waals surface area (Å²) in [4.78, 5) is 11.5. The van der Waals surface area contributed by atoms with Crippen LogP contribution in [-0.2, 0) is 4.74 Å². The van der Waals surface area contributed by atoms with Crippen molar-refractivity contribution in [2.45, 2.75) is 65.2 Å². The Morgan fingerprint density at radius 1 is 0.957 bits per heavy atom. The molecule has 0 aliphatic carbocycles. The summed E-state index contributed by atoms with van der Waals surface area (Å²) in [6.07, 6.45) is 14.1. The van der Waals surface area contributed by atoms with E-state index in [9.17, 15) is 4.79 Å². The van der Waals surface area contributed by atoms with E-state index < -0.39 is 0 Å². The molecule has 23 heavy (non-hydrogen) atoms. The van der Waals surface area contributed by atoms with Gasteiger partial charge in [-0.1, -0.05) is 45.4 Å². The number of rotatable bonds is 12. The lowest BCUT2D eigenvalue weighted by Gasteiger charge is -2.03. The summed E-state index contributed by atoms with van der Waals surface area (Å²) >= 11 is 0. The molecule has 128 valence electrons. The summed E-state index contributed by atoms with van der Waals surface area (Å²) in [6, 6.07) is 7.00. The summed E-state index contributed by atoms with van der Waals surface area (Å²) in [5.41, 5.74) is 0.547. The van der Waals surface area contributed by atoms with Crippen LogP contribution in [0.4, 0.5) is 0 Å². The van der Waals surface area contributed by atoms with E-state index in [4.69, 9.17) is 9.47 Å². The molecule has 0 unspecified atom stereocenters. The lowest BCUT2D eigenvalue weighted by atomic mass is 10.1. The molecule has 0 N–H and O–H groups in total. The first-order valence-electron chi connectivity index (χ1n) is 8.86. The number of allylic oxidation sites excluding steroid dienone is 1. The number of hydrogen-bond acceptors (Lipinski definition) is 3. The van der Waals surface area contributed by atoms with Crippen molar-refractivity contribution >= 4 is 5.97 Å². The van der Waals surface area contributed by atoms with Gasteiger partial charge in [0.15, 0.2) is 0 Å². The maximum atomic E-state index is 11.5. The molecule has 1 aromatic rings. The maximum absolute atomic E-state index is 11.5. The highest BCUT2D eigenvalue weighted by molar-refractivity contribution is 5.89. The van der Waals surface area contributed by atoms with Gasteiger partial charge in [0.25, 0.3) is 0 Å². The molecule has 0 aliphatic rings. The zero-order chi connectivity index (χ0) is 16.8. The Hall–Kier alpha value is -1.77. The molecule has 0 amide bonds. The SMILES string of the molecule is CCCCCCCCCC=COc1ccc(C(=O)OCC)cc1. The molecule has 0 saturated carbocycles. The molecule has 0 spiro atoms. The highest BCUT2D eigenvalue weighted by Gasteiger charge is 2.05. The number of esters is 1. The van der Waals surface area contributed by atoms with Crippen molar-refractivity contribution in [3.63, 3.8) is 0 Å². The fraction of sp³-hybridized carbons (Fsp3) is 0.550. The highest BCUT2D eigenvalue weighted by Crippen LogP contribution is 2.14. The van der Waals surface area contributed by atoms with E-state index in [1.54, 1.807) is 37.5 Å². The van der Waals surface area contributed by atoms with Gasteiger partial charge in [0.05, 0.1) is 18.4 Å². The Morgan fingerprint density at radius 3 is 2.26 bits per heavy atom. The molecule has 0 atom stereocenters. The third-order valence-electron chi connectivity index (χ3n) is 3.64. The normalized spacial score (nSPS) is 10.9. The number of carbonyl (C=O) groups is 1. The van der Waals surface area contributed by atoms with Crippen molar-refractivity contribution in [1.82, 2.24) is 0 Å². The average molecular weight is 318 g/mol. The van der Waals surface area contributed by atoms with E-state index in [1.807, 2.05) is 0 Å². The second-order valence-corrected chi connectivity index (χ2v) is 5.64. The number of hydrogen-bond donors (Lipinski definition) is 0. The molecule has 1 rings (SSSR count). The predicted octanol–water partition coefficient (Wildman–Crippen LogP) is 5.90. The largest absolute Gasteiger partial charge is 0.465 e. The van der Waals surface area contributed by atoms with Crippen molar-refractivity contribution in [2.24, 2.45) is 0 Å². The topological polar surface area (TPSA) is 35.5 Å². The molecular formula is C20H30O3. The second kappa shape index (κ2) is 12.7. The fourth-order valence-electron chi connectivity index (χ4n) is 2.30.